The van der Waals surface area contributed by atoms with Crippen molar-refractivity contribution >= 4 is 38.7 Å². The lowest BCUT2D eigenvalue weighted by molar-refractivity contribution is -0.220. The standard InChI is InChI=1S/C24H15NO4S/c26-21-15-10-4-5-11-16(15)24(28)23(21,27)19(20(29-24)14-8-2-1-3-9-14)22-25-17-12-6-7-13-18(17)30-22/h1-13,27-28H/t23-,24+/m1/s1. The Morgan fingerprint density at radius 1 is 0.867 bits per heavy atom. The molecule has 0 amide bonds. The highest BCUT2D eigenvalue weighted by Gasteiger charge is 2.72. The van der Waals surface area contributed by atoms with Crippen LogP contribution in [0.1, 0.15) is 26.5 Å². The molecule has 6 rings (SSSR count). The van der Waals surface area contributed by atoms with Crippen molar-refractivity contribution < 1.29 is 19.7 Å². The van der Waals surface area contributed by atoms with Gasteiger partial charge in [-0.15, -0.1) is 11.3 Å². The summed E-state index contributed by atoms with van der Waals surface area (Å²) in [4.78, 5) is 18.1. The number of thiazole rings is 1. The van der Waals surface area contributed by atoms with Crippen LogP contribution in [-0.4, -0.2) is 26.6 Å². The summed E-state index contributed by atoms with van der Waals surface area (Å²) in [7, 11) is 0. The summed E-state index contributed by atoms with van der Waals surface area (Å²) >= 11 is 1.35. The van der Waals surface area contributed by atoms with Crippen LogP contribution in [-0.2, 0) is 10.5 Å². The number of aromatic nitrogens is 1. The van der Waals surface area contributed by atoms with Crippen LogP contribution in [0.5, 0.6) is 0 Å². The van der Waals surface area contributed by atoms with Crippen molar-refractivity contribution in [1.82, 2.24) is 4.98 Å². The molecular weight excluding hydrogens is 398 g/mol. The minimum absolute atomic E-state index is 0.193. The van der Waals surface area contributed by atoms with Gasteiger partial charge in [-0.1, -0.05) is 66.7 Å². The van der Waals surface area contributed by atoms with Gasteiger partial charge in [0.25, 0.3) is 5.79 Å². The number of Topliss-reactive ketones (excluding diaryl/α,β-unsaturated/α-hetero) is 1. The van der Waals surface area contributed by atoms with Crippen molar-refractivity contribution in [3.05, 3.63) is 101 Å². The number of carbonyl (C=O) groups is 1. The fraction of sp³-hybridized carbons (Fsp3) is 0.0833. The van der Waals surface area contributed by atoms with Gasteiger partial charge in [0, 0.05) is 16.7 Å². The Hall–Kier alpha value is -3.32. The minimum atomic E-state index is -2.30. The summed E-state index contributed by atoms with van der Waals surface area (Å²) in [6.45, 7) is 0. The van der Waals surface area contributed by atoms with Crippen LogP contribution in [0.25, 0.3) is 21.5 Å². The summed E-state index contributed by atoms with van der Waals surface area (Å²) in [6.07, 6.45) is 0. The van der Waals surface area contributed by atoms with Crippen molar-refractivity contribution in [2.24, 2.45) is 0 Å². The van der Waals surface area contributed by atoms with E-state index >= 15 is 0 Å². The number of fused-ring (bicyclic) bond motifs is 4. The molecule has 2 N–H and O–H groups in total. The lowest BCUT2D eigenvalue weighted by atomic mass is 9.85. The molecular formula is C24H15NO4S. The number of para-hydroxylation sites is 1. The highest BCUT2D eigenvalue weighted by atomic mass is 32.1. The molecule has 30 heavy (non-hydrogen) atoms. The molecule has 0 bridgehead atoms. The fourth-order valence-electron chi connectivity index (χ4n) is 4.32. The van der Waals surface area contributed by atoms with Gasteiger partial charge in [0.1, 0.15) is 10.8 Å². The molecule has 3 aromatic carbocycles. The Morgan fingerprint density at radius 3 is 2.37 bits per heavy atom. The van der Waals surface area contributed by atoms with Crippen molar-refractivity contribution in [3.63, 3.8) is 0 Å². The van der Waals surface area contributed by atoms with E-state index < -0.39 is 17.2 Å². The Bertz CT molecular complexity index is 1340. The molecule has 2 atom stereocenters. The van der Waals surface area contributed by atoms with Crippen LogP contribution in [0, 0.1) is 0 Å². The van der Waals surface area contributed by atoms with E-state index in [-0.39, 0.29) is 22.5 Å². The van der Waals surface area contributed by atoms with Crippen LogP contribution in [0.2, 0.25) is 0 Å². The molecule has 1 aromatic heterocycles. The summed E-state index contributed by atoms with van der Waals surface area (Å²) in [5.74, 6) is -2.57. The maximum atomic E-state index is 13.4. The van der Waals surface area contributed by atoms with E-state index in [9.17, 15) is 15.0 Å². The number of hydrogen-bond donors (Lipinski definition) is 2. The predicted octanol–water partition coefficient (Wildman–Crippen LogP) is 3.97. The minimum Gasteiger partial charge on any atom is -0.453 e. The maximum absolute atomic E-state index is 13.4. The van der Waals surface area contributed by atoms with E-state index in [2.05, 4.69) is 4.98 Å². The smallest absolute Gasteiger partial charge is 0.277 e. The first kappa shape index (κ1) is 17.5. The van der Waals surface area contributed by atoms with Crippen molar-refractivity contribution in [2.45, 2.75) is 11.4 Å². The second-order valence-electron chi connectivity index (χ2n) is 7.39. The highest BCUT2D eigenvalue weighted by molar-refractivity contribution is 7.19. The molecule has 0 spiro atoms. The monoisotopic (exact) mass is 413 g/mol. The van der Waals surface area contributed by atoms with Crippen LogP contribution >= 0.6 is 11.3 Å². The van der Waals surface area contributed by atoms with Gasteiger partial charge in [0.2, 0.25) is 11.4 Å². The van der Waals surface area contributed by atoms with Crippen molar-refractivity contribution in [3.8, 4) is 0 Å². The van der Waals surface area contributed by atoms with Crippen LogP contribution in [0.15, 0.2) is 78.9 Å². The number of ketones is 1. The maximum Gasteiger partial charge on any atom is 0.277 e. The number of carbonyl (C=O) groups excluding carboxylic acids is 1. The van der Waals surface area contributed by atoms with Gasteiger partial charge < -0.3 is 14.9 Å². The largest absolute Gasteiger partial charge is 0.453 e. The van der Waals surface area contributed by atoms with E-state index in [1.807, 2.05) is 54.6 Å². The third-order valence-corrected chi connectivity index (χ3v) is 6.79. The summed E-state index contributed by atoms with van der Waals surface area (Å²) in [5, 5.41) is 23.9. The molecule has 2 heterocycles. The molecule has 4 aromatic rings. The fourth-order valence-corrected chi connectivity index (χ4v) is 5.38. The number of benzene rings is 3. The topological polar surface area (TPSA) is 79.7 Å². The summed E-state index contributed by atoms with van der Waals surface area (Å²) in [5.41, 5.74) is -0.211. The van der Waals surface area contributed by atoms with Crippen LogP contribution in [0.4, 0.5) is 0 Å². The second kappa shape index (κ2) is 5.86. The highest BCUT2D eigenvalue weighted by Crippen LogP contribution is 2.60. The summed E-state index contributed by atoms with van der Waals surface area (Å²) < 4.78 is 6.96. The zero-order valence-corrected chi connectivity index (χ0v) is 16.4. The summed E-state index contributed by atoms with van der Waals surface area (Å²) in [6, 6.07) is 23.3. The Balaban J connectivity index is 1.68. The molecule has 146 valence electrons. The molecule has 2 aliphatic rings. The van der Waals surface area contributed by atoms with Gasteiger partial charge in [-0.2, -0.15) is 0 Å². The molecule has 1 aliphatic heterocycles. The number of aliphatic hydroxyl groups is 2. The first-order chi connectivity index (χ1) is 14.5. The van der Waals surface area contributed by atoms with Gasteiger partial charge in [-0.05, 0) is 12.1 Å². The van der Waals surface area contributed by atoms with Crippen LogP contribution in [0.3, 0.4) is 0 Å². The van der Waals surface area contributed by atoms with E-state index in [0.717, 1.165) is 10.2 Å². The number of rotatable bonds is 2. The van der Waals surface area contributed by atoms with Crippen LogP contribution < -0.4 is 0 Å². The van der Waals surface area contributed by atoms with E-state index in [1.54, 1.807) is 24.3 Å². The number of ether oxygens (including phenoxy) is 1. The quantitative estimate of drug-likeness (QED) is 0.520. The molecule has 0 fully saturated rings. The SMILES string of the molecule is O=C1c2ccccc2[C@]2(O)OC(c3ccccc3)=C(c3nc4ccccc4s3)[C@@]12O. The van der Waals surface area contributed by atoms with Crippen molar-refractivity contribution in [2.75, 3.05) is 0 Å². The van der Waals surface area contributed by atoms with Gasteiger partial charge in [0.05, 0.1) is 15.8 Å². The molecule has 0 saturated heterocycles. The number of hydrogen-bond acceptors (Lipinski definition) is 6. The van der Waals surface area contributed by atoms with Gasteiger partial charge in [-0.3, -0.25) is 4.79 Å². The molecule has 0 saturated carbocycles. The van der Waals surface area contributed by atoms with E-state index in [1.165, 1.54) is 11.3 Å². The molecule has 0 radical (unpaired) electrons. The van der Waals surface area contributed by atoms with E-state index in [4.69, 9.17) is 4.74 Å². The average molecular weight is 413 g/mol. The lowest BCUT2D eigenvalue weighted by Crippen LogP contribution is -2.50. The Labute approximate surface area is 175 Å². The molecule has 5 nitrogen and oxygen atoms in total. The molecule has 1 aliphatic carbocycles. The second-order valence-corrected chi connectivity index (χ2v) is 8.42. The van der Waals surface area contributed by atoms with Gasteiger partial charge in [0.15, 0.2) is 0 Å². The third kappa shape index (κ3) is 2.02. The van der Waals surface area contributed by atoms with Crippen molar-refractivity contribution in [1.29, 1.82) is 0 Å². The Kier molecular flexibility index (Phi) is 3.42. The third-order valence-electron chi connectivity index (χ3n) is 5.74. The number of nitrogens with zero attached hydrogens (tertiary/aromatic N) is 1. The zero-order chi connectivity index (χ0) is 20.5. The zero-order valence-electron chi connectivity index (χ0n) is 15.6. The lowest BCUT2D eigenvalue weighted by Gasteiger charge is -2.30. The van der Waals surface area contributed by atoms with Gasteiger partial charge in [-0.25, -0.2) is 4.98 Å². The molecule has 0 unspecified atom stereocenters. The Morgan fingerprint density at radius 2 is 1.57 bits per heavy atom. The molecule has 6 heteroatoms. The average Bonchev–Trinajstić information content (AvgIpc) is 3.36. The normalized spacial score (nSPS) is 24.8. The first-order valence-electron chi connectivity index (χ1n) is 9.48. The van der Waals surface area contributed by atoms with Gasteiger partial charge >= 0.3 is 0 Å². The first-order valence-corrected chi connectivity index (χ1v) is 10.3. The predicted molar refractivity (Wildman–Crippen MR) is 114 cm³/mol. The van der Waals surface area contributed by atoms with E-state index in [0.29, 0.717) is 10.6 Å².